The Kier molecular flexibility index (Phi) is 8.26. The Bertz CT molecular complexity index is 691. The Balaban J connectivity index is 1.87. The van der Waals surface area contributed by atoms with Crippen molar-refractivity contribution in [2.75, 3.05) is 13.2 Å². The van der Waals surface area contributed by atoms with Gasteiger partial charge in [-0.25, -0.2) is 4.79 Å². The van der Waals surface area contributed by atoms with E-state index in [0.29, 0.717) is 19.8 Å². The van der Waals surface area contributed by atoms with Gasteiger partial charge in [0.05, 0.1) is 13.2 Å². The maximum absolute atomic E-state index is 12.2. The van der Waals surface area contributed by atoms with Crippen LogP contribution in [-0.2, 0) is 25.3 Å². The van der Waals surface area contributed by atoms with Crippen LogP contribution >= 0.6 is 0 Å². The van der Waals surface area contributed by atoms with Crippen LogP contribution in [0.2, 0.25) is 18.1 Å². The number of ether oxygens (including phenoxy) is 2. The van der Waals surface area contributed by atoms with Crippen LogP contribution in [0.15, 0.2) is 42.0 Å². The summed E-state index contributed by atoms with van der Waals surface area (Å²) >= 11 is 0. The van der Waals surface area contributed by atoms with Crippen molar-refractivity contribution in [2.24, 2.45) is 11.8 Å². The van der Waals surface area contributed by atoms with Crippen LogP contribution < -0.4 is 0 Å². The Morgan fingerprint density at radius 2 is 1.79 bits per heavy atom. The first-order valence-corrected chi connectivity index (χ1v) is 13.6. The minimum Gasteiger partial charge on any atom is -0.459 e. The molecule has 0 saturated carbocycles. The molecule has 0 N–H and O–H groups in total. The van der Waals surface area contributed by atoms with Crippen LogP contribution in [0.3, 0.4) is 0 Å². The van der Waals surface area contributed by atoms with Gasteiger partial charge in [0.2, 0.25) is 0 Å². The van der Waals surface area contributed by atoms with Gasteiger partial charge in [0.25, 0.3) is 0 Å². The van der Waals surface area contributed by atoms with Crippen LogP contribution in [0.5, 0.6) is 0 Å². The lowest BCUT2D eigenvalue weighted by molar-refractivity contribution is -0.147. The lowest BCUT2D eigenvalue weighted by Crippen LogP contribution is -2.43. The third-order valence-electron chi connectivity index (χ3n) is 6.27. The van der Waals surface area contributed by atoms with Crippen molar-refractivity contribution < 1.29 is 18.7 Å². The fourth-order valence-electron chi connectivity index (χ4n) is 3.03. The molecule has 0 amide bonds. The van der Waals surface area contributed by atoms with Gasteiger partial charge in [0, 0.05) is 30.9 Å². The molecule has 1 aromatic rings. The van der Waals surface area contributed by atoms with Crippen molar-refractivity contribution in [1.82, 2.24) is 0 Å². The Morgan fingerprint density at radius 3 is 2.41 bits per heavy atom. The lowest BCUT2D eigenvalue weighted by Gasteiger charge is -2.38. The minimum atomic E-state index is -1.81. The van der Waals surface area contributed by atoms with Gasteiger partial charge in [-0.15, -0.1) is 0 Å². The molecule has 0 radical (unpaired) electrons. The summed E-state index contributed by atoms with van der Waals surface area (Å²) in [5.74, 6) is 0.0992. The van der Waals surface area contributed by atoms with Gasteiger partial charge in [0.1, 0.15) is 6.10 Å². The molecule has 5 heteroatoms. The Labute approximate surface area is 177 Å². The molecule has 1 aliphatic heterocycles. The van der Waals surface area contributed by atoms with E-state index >= 15 is 0 Å². The van der Waals surface area contributed by atoms with Crippen molar-refractivity contribution in [2.45, 2.75) is 71.9 Å². The monoisotopic (exact) mass is 418 g/mol. The molecule has 1 aromatic carbocycles. The van der Waals surface area contributed by atoms with Gasteiger partial charge in [-0.2, -0.15) is 0 Å². The fourth-order valence-corrected chi connectivity index (χ4v) is 4.14. The highest BCUT2D eigenvalue weighted by Crippen LogP contribution is 2.37. The molecule has 162 valence electrons. The maximum atomic E-state index is 12.2. The SMILES string of the molecule is CC(COCc1ccccc1)C1=CC(=O)OC(C(C)CO[Si](C)(C)C(C)(C)C)C1. The number of rotatable bonds is 9. The van der Waals surface area contributed by atoms with Gasteiger partial charge in [0.15, 0.2) is 8.32 Å². The van der Waals surface area contributed by atoms with Gasteiger partial charge >= 0.3 is 5.97 Å². The van der Waals surface area contributed by atoms with Crippen LogP contribution in [0.4, 0.5) is 0 Å². The van der Waals surface area contributed by atoms with Crippen molar-refractivity contribution >= 4 is 14.3 Å². The zero-order valence-electron chi connectivity index (χ0n) is 19.2. The highest BCUT2D eigenvalue weighted by Gasteiger charge is 2.38. The summed E-state index contributed by atoms with van der Waals surface area (Å²) in [5.41, 5.74) is 2.27. The molecule has 0 aliphatic carbocycles. The second kappa shape index (κ2) is 10.1. The zero-order valence-corrected chi connectivity index (χ0v) is 20.2. The first kappa shape index (κ1) is 23.8. The average molecular weight is 419 g/mol. The summed E-state index contributed by atoms with van der Waals surface area (Å²) in [5, 5.41) is 0.172. The standard InChI is InChI=1S/C24H38O4Si/c1-18(15-26-17-20-11-9-8-10-12-20)21-13-22(28-23(25)14-21)19(2)16-27-29(6,7)24(3,4)5/h8-12,14,18-19,22H,13,15-17H2,1-7H3. The molecule has 29 heavy (non-hydrogen) atoms. The highest BCUT2D eigenvalue weighted by molar-refractivity contribution is 6.74. The summed E-state index contributed by atoms with van der Waals surface area (Å²) in [6, 6.07) is 10.1. The van der Waals surface area contributed by atoms with E-state index in [1.165, 1.54) is 0 Å². The summed E-state index contributed by atoms with van der Waals surface area (Å²) in [7, 11) is -1.81. The Hall–Kier alpha value is -1.43. The summed E-state index contributed by atoms with van der Waals surface area (Å²) in [6.45, 7) is 17.3. The van der Waals surface area contributed by atoms with E-state index in [2.05, 4.69) is 59.8 Å². The number of cyclic esters (lactones) is 1. The van der Waals surface area contributed by atoms with Crippen LogP contribution in [0.1, 0.15) is 46.6 Å². The second-order valence-electron chi connectivity index (χ2n) is 9.85. The first-order chi connectivity index (χ1) is 13.5. The molecule has 0 bridgehead atoms. The second-order valence-corrected chi connectivity index (χ2v) is 14.7. The van der Waals surface area contributed by atoms with Gasteiger partial charge in [-0.05, 0) is 23.7 Å². The van der Waals surface area contributed by atoms with Gasteiger partial charge in [-0.3, -0.25) is 0 Å². The number of hydrogen-bond donors (Lipinski definition) is 0. The average Bonchev–Trinajstić information content (AvgIpc) is 2.65. The van der Waals surface area contributed by atoms with E-state index in [4.69, 9.17) is 13.9 Å². The maximum Gasteiger partial charge on any atom is 0.331 e. The molecular weight excluding hydrogens is 380 g/mol. The molecule has 3 unspecified atom stereocenters. The molecule has 0 fully saturated rings. The predicted octanol–water partition coefficient (Wildman–Crippen LogP) is 5.74. The van der Waals surface area contributed by atoms with Crippen molar-refractivity contribution in [3.8, 4) is 0 Å². The van der Waals surface area contributed by atoms with Crippen LogP contribution in [-0.4, -0.2) is 33.6 Å². The lowest BCUT2D eigenvalue weighted by atomic mass is 9.89. The Morgan fingerprint density at radius 1 is 1.14 bits per heavy atom. The number of carbonyl (C=O) groups is 1. The van der Waals surface area contributed by atoms with E-state index in [1.54, 1.807) is 6.08 Å². The van der Waals surface area contributed by atoms with E-state index in [1.807, 2.05) is 18.2 Å². The fraction of sp³-hybridized carbons (Fsp3) is 0.625. The summed E-state index contributed by atoms with van der Waals surface area (Å²) < 4.78 is 17.9. The van der Waals surface area contributed by atoms with E-state index in [0.717, 1.165) is 17.6 Å². The predicted molar refractivity (Wildman–Crippen MR) is 120 cm³/mol. The molecular formula is C24H38O4Si. The van der Waals surface area contributed by atoms with E-state index < -0.39 is 8.32 Å². The summed E-state index contributed by atoms with van der Waals surface area (Å²) in [4.78, 5) is 12.2. The highest BCUT2D eigenvalue weighted by atomic mass is 28.4. The third-order valence-corrected chi connectivity index (χ3v) is 10.8. The third kappa shape index (κ3) is 7.09. The molecule has 2 rings (SSSR count). The largest absolute Gasteiger partial charge is 0.459 e. The number of esters is 1. The quantitative estimate of drug-likeness (QED) is 0.379. The summed E-state index contributed by atoms with van der Waals surface area (Å²) in [6.07, 6.45) is 2.27. The minimum absolute atomic E-state index is 0.135. The number of hydrogen-bond acceptors (Lipinski definition) is 4. The van der Waals surface area contributed by atoms with E-state index in [9.17, 15) is 4.79 Å². The van der Waals surface area contributed by atoms with Gasteiger partial charge < -0.3 is 13.9 Å². The molecule has 1 aliphatic rings. The molecule has 0 spiro atoms. The van der Waals surface area contributed by atoms with Crippen molar-refractivity contribution in [3.63, 3.8) is 0 Å². The van der Waals surface area contributed by atoms with E-state index in [-0.39, 0.29) is 28.9 Å². The molecule has 0 aromatic heterocycles. The molecule has 3 atom stereocenters. The smallest absolute Gasteiger partial charge is 0.331 e. The molecule has 1 heterocycles. The normalized spacial score (nSPS) is 20.0. The van der Waals surface area contributed by atoms with Crippen LogP contribution in [0.25, 0.3) is 0 Å². The molecule has 0 saturated heterocycles. The first-order valence-electron chi connectivity index (χ1n) is 10.7. The molecule has 4 nitrogen and oxygen atoms in total. The zero-order chi connectivity index (χ0) is 21.7. The number of benzene rings is 1. The van der Waals surface area contributed by atoms with Crippen LogP contribution in [0, 0.1) is 11.8 Å². The number of carbonyl (C=O) groups excluding carboxylic acids is 1. The van der Waals surface area contributed by atoms with Gasteiger partial charge in [-0.1, -0.05) is 70.5 Å². The van der Waals surface area contributed by atoms with Crippen molar-refractivity contribution in [1.29, 1.82) is 0 Å². The van der Waals surface area contributed by atoms with Crippen molar-refractivity contribution in [3.05, 3.63) is 47.5 Å². The topological polar surface area (TPSA) is 44.8 Å².